The fourth-order valence-electron chi connectivity index (χ4n) is 3.14. The van der Waals surface area contributed by atoms with Crippen LogP contribution in [0.3, 0.4) is 0 Å². The molecule has 1 aromatic carbocycles. The first-order chi connectivity index (χ1) is 8.29. The van der Waals surface area contributed by atoms with E-state index in [9.17, 15) is 0 Å². The van der Waals surface area contributed by atoms with Crippen LogP contribution in [0, 0.1) is 5.92 Å². The van der Waals surface area contributed by atoms with Gasteiger partial charge in [0.1, 0.15) is 0 Å². The molecule has 0 N–H and O–H groups in total. The van der Waals surface area contributed by atoms with Crippen molar-refractivity contribution in [1.29, 1.82) is 0 Å². The average Bonchev–Trinajstić information content (AvgIpc) is 3.01. The average molecular weight is 309 g/mol. The summed E-state index contributed by atoms with van der Waals surface area (Å²) in [6.45, 7) is 3.83. The van der Waals surface area contributed by atoms with Crippen LogP contribution in [-0.2, 0) is 0 Å². The van der Waals surface area contributed by atoms with Gasteiger partial charge in [-0.3, -0.25) is 0 Å². The van der Waals surface area contributed by atoms with E-state index in [1.807, 2.05) is 11.3 Å². The van der Waals surface area contributed by atoms with Crippen molar-refractivity contribution >= 4 is 37.5 Å². The number of fused-ring (bicyclic) bond motifs is 3. The van der Waals surface area contributed by atoms with E-state index in [-0.39, 0.29) is 0 Å². The molecule has 0 amide bonds. The Hall–Kier alpha value is -0.450. The van der Waals surface area contributed by atoms with E-state index >= 15 is 0 Å². The molecule has 88 valence electrons. The third-order valence-corrected chi connectivity index (χ3v) is 5.68. The van der Waals surface area contributed by atoms with Crippen molar-refractivity contribution in [2.45, 2.75) is 12.3 Å². The topological polar surface area (TPSA) is 16.1 Å². The molecule has 0 aliphatic carbocycles. The second-order valence-electron chi connectivity index (χ2n) is 5.08. The van der Waals surface area contributed by atoms with Crippen LogP contribution < -0.4 is 0 Å². The second kappa shape index (κ2) is 3.77. The first-order valence-electron chi connectivity index (χ1n) is 6.08. The summed E-state index contributed by atoms with van der Waals surface area (Å²) in [5.74, 6) is 1.55. The Morgan fingerprint density at radius 1 is 1.35 bits per heavy atom. The van der Waals surface area contributed by atoms with E-state index < -0.39 is 0 Å². The summed E-state index contributed by atoms with van der Waals surface area (Å²) in [6.07, 6.45) is 1.37. The van der Waals surface area contributed by atoms with Gasteiger partial charge in [0.25, 0.3) is 0 Å². The van der Waals surface area contributed by atoms with Crippen molar-refractivity contribution in [3.05, 3.63) is 27.7 Å². The van der Waals surface area contributed by atoms with Crippen LogP contribution in [0.2, 0.25) is 0 Å². The lowest BCUT2D eigenvalue weighted by Crippen LogP contribution is -2.21. The number of hydrogen-bond donors (Lipinski definition) is 0. The fraction of sp³-hybridized carbons (Fsp3) is 0.462. The highest BCUT2D eigenvalue weighted by Crippen LogP contribution is 2.42. The lowest BCUT2D eigenvalue weighted by Gasteiger charge is -2.19. The third kappa shape index (κ3) is 1.65. The van der Waals surface area contributed by atoms with E-state index in [4.69, 9.17) is 4.98 Å². The van der Waals surface area contributed by atoms with E-state index in [0.29, 0.717) is 5.92 Å². The van der Waals surface area contributed by atoms with E-state index in [0.717, 1.165) is 15.9 Å². The Morgan fingerprint density at radius 2 is 2.29 bits per heavy atom. The van der Waals surface area contributed by atoms with Crippen molar-refractivity contribution in [3.8, 4) is 0 Å². The van der Waals surface area contributed by atoms with E-state index in [1.54, 1.807) is 0 Å². The van der Waals surface area contributed by atoms with Crippen molar-refractivity contribution < 1.29 is 0 Å². The minimum Gasteiger partial charge on any atom is -0.302 e. The molecule has 3 unspecified atom stereocenters. The molecular weight excluding hydrogens is 296 g/mol. The molecule has 4 rings (SSSR count). The van der Waals surface area contributed by atoms with E-state index in [1.165, 1.54) is 35.8 Å². The van der Waals surface area contributed by atoms with Gasteiger partial charge in [-0.2, -0.15) is 0 Å². The molecule has 4 heteroatoms. The number of nitrogens with zero attached hydrogens (tertiary/aromatic N) is 2. The Balaban J connectivity index is 1.76. The largest absolute Gasteiger partial charge is 0.302 e. The molecule has 0 radical (unpaired) electrons. The van der Waals surface area contributed by atoms with Crippen molar-refractivity contribution in [2.24, 2.45) is 5.92 Å². The fourth-order valence-corrected chi connectivity index (χ4v) is 4.62. The maximum Gasteiger partial charge on any atom is 0.0985 e. The van der Waals surface area contributed by atoms with Gasteiger partial charge in [0.2, 0.25) is 0 Å². The van der Waals surface area contributed by atoms with Gasteiger partial charge in [-0.1, -0.05) is 15.9 Å². The number of hydrogen-bond acceptors (Lipinski definition) is 3. The molecule has 17 heavy (non-hydrogen) atoms. The lowest BCUT2D eigenvalue weighted by atomic mass is 9.93. The molecular formula is C13H13BrN2S. The second-order valence-corrected chi connectivity index (χ2v) is 7.06. The van der Waals surface area contributed by atoms with Gasteiger partial charge >= 0.3 is 0 Å². The molecule has 2 saturated heterocycles. The summed E-state index contributed by atoms with van der Waals surface area (Å²) < 4.78 is 2.44. The van der Waals surface area contributed by atoms with Crippen LogP contribution in [0.5, 0.6) is 0 Å². The molecule has 0 saturated carbocycles. The van der Waals surface area contributed by atoms with Crippen molar-refractivity contribution in [1.82, 2.24) is 9.88 Å². The van der Waals surface area contributed by atoms with Crippen LogP contribution in [0.4, 0.5) is 0 Å². The first kappa shape index (κ1) is 10.5. The number of piperidine rings is 1. The summed E-state index contributed by atoms with van der Waals surface area (Å²) >= 11 is 5.40. The van der Waals surface area contributed by atoms with Crippen molar-refractivity contribution in [3.63, 3.8) is 0 Å². The van der Waals surface area contributed by atoms with Gasteiger partial charge in [-0.25, -0.2) is 4.98 Å². The van der Waals surface area contributed by atoms with Gasteiger partial charge < -0.3 is 4.90 Å². The molecule has 1 aromatic heterocycles. The smallest absolute Gasteiger partial charge is 0.0985 e. The molecule has 2 aliphatic rings. The highest BCUT2D eigenvalue weighted by Gasteiger charge is 2.40. The molecule has 2 aromatic rings. The minimum atomic E-state index is 0.694. The Bertz CT molecular complexity index is 580. The van der Waals surface area contributed by atoms with E-state index in [2.05, 4.69) is 39.0 Å². The predicted octanol–water partition coefficient (Wildman–Crippen LogP) is 3.48. The molecule has 2 bridgehead atoms. The summed E-state index contributed by atoms with van der Waals surface area (Å²) in [7, 11) is 0. The van der Waals surface area contributed by atoms with Crippen LogP contribution in [0.15, 0.2) is 22.7 Å². The number of aromatic nitrogens is 1. The van der Waals surface area contributed by atoms with Crippen LogP contribution in [-0.4, -0.2) is 29.5 Å². The maximum atomic E-state index is 4.84. The standard InChI is InChI=1S/C13H13BrN2S/c14-9-1-2-12-11(5-9)15-13(17-12)10-7-16-4-3-8(10)6-16/h1-2,5,8,10H,3-4,6-7H2. The van der Waals surface area contributed by atoms with Gasteiger partial charge in [0, 0.05) is 23.5 Å². The zero-order valence-electron chi connectivity index (χ0n) is 9.40. The Labute approximate surface area is 113 Å². The number of rotatable bonds is 1. The molecule has 3 heterocycles. The van der Waals surface area contributed by atoms with Gasteiger partial charge in [-0.15, -0.1) is 11.3 Å². The highest BCUT2D eigenvalue weighted by molar-refractivity contribution is 9.10. The molecule has 2 aliphatic heterocycles. The van der Waals surface area contributed by atoms with Crippen molar-refractivity contribution in [2.75, 3.05) is 19.6 Å². The van der Waals surface area contributed by atoms with Crippen LogP contribution in [0.1, 0.15) is 17.3 Å². The molecule has 0 spiro atoms. The highest BCUT2D eigenvalue weighted by atomic mass is 79.9. The molecule has 2 fully saturated rings. The SMILES string of the molecule is Brc1ccc2sc(C3CN4CCC3C4)nc2c1. The number of benzene rings is 1. The Morgan fingerprint density at radius 3 is 3.06 bits per heavy atom. The number of halogens is 1. The van der Waals surface area contributed by atoms with Gasteiger partial charge in [0.15, 0.2) is 0 Å². The van der Waals surface area contributed by atoms with Gasteiger partial charge in [-0.05, 0) is 37.1 Å². The summed E-state index contributed by atoms with van der Waals surface area (Å²) in [5.41, 5.74) is 1.15. The first-order valence-corrected chi connectivity index (χ1v) is 7.69. The quantitative estimate of drug-likeness (QED) is 0.802. The normalized spacial score (nSPS) is 31.5. The summed E-state index contributed by atoms with van der Waals surface area (Å²) in [4.78, 5) is 7.42. The van der Waals surface area contributed by atoms with Crippen LogP contribution >= 0.6 is 27.3 Å². The zero-order valence-corrected chi connectivity index (χ0v) is 11.8. The summed E-state index contributed by atoms with van der Waals surface area (Å²) in [6, 6.07) is 6.41. The summed E-state index contributed by atoms with van der Waals surface area (Å²) in [5, 5.41) is 1.35. The number of thiazole rings is 1. The molecule has 2 nitrogen and oxygen atoms in total. The predicted molar refractivity (Wildman–Crippen MR) is 74.6 cm³/mol. The minimum absolute atomic E-state index is 0.694. The Kier molecular flexibility index (Phi) is 2.32. The van der Waals surface area contributed by atoms with Crippen LogP contribution in [0.25, 0.3) is 10.2 Å². The maximum absolute atomic E-state index is 4.84. The molecule has 3 atom stereocenters. The lowest BCUT2D eigenvalue weighted by molar-refractivity contribution is 0.346. The zero-order chi connectivity index (χ0) is 11.4. The third-order valence-electron chi connectivity index (χ3n) is 4.02. The monoisotopic (exact) mass is 308 g/mol. The van der Waals surface area contributed by atoms with Gasteiger partial charge in [0.05, 0.1) is 15.2 Å².